The number of carbonyl (C=O) groups excluding carboxylic acids is 2. The Balaban J connectivity index is 0.644. The van der Waals surface area contributed by atoms with Crippen molar-refractivity contribution in [2.75, 3.05) is 60.9 Å². The maximum absolute atomic E-state index is 12.8. The Morgan fingerprint density at radius 1 is 0.917 bits per heavy atom. The number of aldehydes is 1. The fraction of sp³-hybridized carbons (Fsp3) is 0.393. The van der Waals surface area contributed by atoms with Crippen LogP contribution in [0.1, 0.15) is 95.4 Å². The van der Waals surface area contributed by atoms with Crippen molar-refractivity contribution >= 4 is 67.8 Å². The van der Waals surface area contributed by atoms with Crippen LogP contribution in [0.5, 0.6) is 5.75 Å². The second-order valence-electron chi connectivity index (χ2n) is 19.9. The van der Waals surface area contributed by atoms with Crippen molar-refractivity contribution in [2.45, 2.75) is 83.1 Å². The van der Waals surface area contributed by atoms with Crippen molar-refractivity contribution in [1.29, 1.82) is 0 Å². The van der Waals surface area contributed by atoms with Crippen LogP contribution in [0, 0.1) is 18.8 Å². The van der Waals surface area contributed by atoms with Gasteiger partial charge in [-0.05, 0) is 147 Å². The van der Waals surface area contributed by atoms with Gasteiger partial charge in [0.1, 0.15) is 23.4 Å². The summed E-state index contributed by atoms with van der Waals surface area (Å²) < 4.78 is 13.8. The fourth-order valence-electron chi connectivity index (χ4n) is 11.2. The zero-order valence-electron chi connectivity index (χ0n) is 40.5. The molecule has 15 nitrogen and oxygen atoms in total. The van der Waals surface area contributed by atoms with Crippen LogP contribution in [0.2, 0.25) is 0 Å². The Morgan fingerprint density at radius 2 is 1.75 bits per heavy atom. The molecule has 72 heavy (non-hydrogen) atoms. The Morgan fingerprint density at radius 3 is 2.56 bits per heavy atom. The summed E-state index contributed by atoms with van der Waals surface area (Å²) in [7, 11) is 0. The summed E-state index contributed by atoms with van der Waals surface area (Å²) in [5.41, 5.74) is 8.36. The standard InChI is InChI=1S/C56H60N8O7S/c1-34-28-40(70-39-14-11-35(12-15-39)6-5-22-62-24-26-63(27-25-62)56-59-46-19-13-38(30-48(46)71-56)44-29-36(33-65)31-57-52(44)66)16-17-41(34)42-18-20-50(60-51(42)54(68)69)64-23-21-37-7-4-8-43(45(37)32-64)53(67)61-55-58-47-9-2-3-10-49(47)72-55/h2-4,7-10,13,16-20,28,30,33,35-36,39,44,53,67H,5-6,11-12,14-15,21-27,29,31-32H2,1H3,(H,57,66)(H,58,61)(H,68,69). The quantitative estimate of drug-likeness (QED) is 0.0563. The number of carboxylic acid groups (broad SMARTS) is 1. The molecule has 7 aromatic rings. The van der Waals surface area contributed by atoms with Crippen LogP contribution in [0.15, 0.2) is 95.4 Å². The van der Waals surface area contributed by atoms with Crippen LogP contribution in [0.4, 0.5) is 17.0 Å². The number of aromatic nitrogens is 3. The molecule has 16 heteroatoms. The van der Waals surface area contributed by atoms with Gasteiger partial charge in [-0.3, -0.25) is 9.69 Å². The molecule has 2 saturated heterocycles. The first kappa shape index (κ1) is 47.4. The van der Waals surface area contributed by atoms with Gasteiger partial charge in [0.05, 0.1) is 22.2 Å². The number of aliphatic hydroxyl groups excluding tert-OH is 1. The minimum Gasteiger partial charge on any atom is -0.490 e. The highest BCUT2D eigenvalue weighted by atomic mass is 32.1. The molecule has 3 unspecified atom stereocenters. The highest BCUT2D eigenvalue weighted by Crippen LogP contribution is 2.37. The number of carboxylic acids is 1. The van der Waals surface area contributed by atoms with Crippen LogP contribution in [-0.2, 0) is 22.6 Å². The summed E-state index contributed by atoms with van der Waals surface area (Å²) in [5.74, 6) is 0.384. The molecule has 4 N–H and O–H groups in total. The number of aliphatic hydroxyl groups is 1. The lowest BCUT2D eigenvalue weighted by atomic mass is 9.84. The predicted octanol–water partition coefficient (Wildman–Crippen LogP) is 9.13. The number of ether oxygens (including phenoxy) is 1. The molecule has 0 bridgehead atoms. The summed E-state index contributed by atoms with van der Waals surface area (Å²) in [4.78, 5) is 57.8. The predicted molar refractivity (Wildman–Crippen MR) is 279 cm³/mol. The van der Waals surface area contributed by atoms with E-state index < -0.39 is 12.2 Å². The third-order valence-electron chi connectivity index (χ3n) is 15.3. The molecular weight excluding hydrogens is 929 g/mol. The first-order valence-electron chi connectivity index (χ1n) is 25.4. The van der Waals surface area contributed by atoms with Crippen LogP contribution in [-0.4, -0.2) is 100 Å². The Kier molecular flexibility index (Phi) is 13.6. The third-order valence-corrected chi connectivity index (χ3v) is 16.2. The average Bonchev–Trinajstić information content (AvgIpc) is 4.03. The van der Waals surface area contributed by atoms with Gasteiger partial charge in [-0.2, -0.15) is 4.98 Å². The number of oxazole rings is 1. The minimum atomic E-state index is -1.09. The molecule has 11 rings (SSSR count). The monoisotopic (exact) mass is 988 g/mol. The van der Waals surface area contributed by atoms with E-state index in [-0.39, 0.29) is 29.5 Å². The first-order chi connectivity index (χ1) is 35.1. The van der Waals surface area contributed by atoms with Gasteiger partial charge in [-0.15, -0.1) is 0 Å². The molecule has 3 aliphatic heterocycles. The zero-order valence-corrected chi connectivity index (χ0v) is 41.3. The van der Waals surface area contributed by atoms with Gasteiger partial charge in [0.25, 0.3) is 6.01 Å². The number of carbonyl (C=O) groups is 3. The topological polar surface area (TPSA) is 186 Å². The largest absolute Gasteiger partial charge is 0.490 e. The van der Waals surface area contributed by atoms with E-state index in [9.17, 15) is 24.6 Å². The molecule has 3 fully saturated rings. The number of hydrogen-bond donors (Lipinski definition) is 4. The lowest BCUT2D eigenvalue weighted by Crippen LogP contribution is -2.46. The number of fused-ring (bicyclic) bond motifs is 3. The van der Waals surface area contributed by atoms with E-state index in [1.807, 2.05) is 91.9 Å². The number of thiazole rings is 1. The lowest BCUT2D eigenvalue weighted by molar-refractivity contribution is -0.125. The summed E-state index contributed by atoms with van der Waals surface area (Å²) >= 11 is 1.50. The summed E-state index contributed by atoms with van der Waals surface area (Å²) in [5, 5.41) is 28.6. The van der Waals surface area contributed by atoms with Gasteiger partial charge in [0.2, 0.25) is 5.91 Å². The van der Waals surface area contributed by atoms with Crippen molar-refractivity contribution in [3.05, 3.63) is 125 Å². The summed E-state index contributed by atoms with van der Waals surface area (Å²) in [6.07, 6.45) is 8.02. The molecule has 3 aromatic heterocycles. The van der Waals surface area contributed by atoms with Gasteiger partial charge in [0, 0.05) is 62.9 Å². The molecule has 0 radical (unpaired) electrons. The second-order valence-corrected chi connectivity index (χ2v) is 21.0. The van der Waals surface area contributed by atoms with E-state index in [4.69, 9.17) is 19.1 Å². The highest BCUT2D eigenvalue weighted by Gasteiger charge is 2.31. The average molecular weight is 989 g/mol. The molecule has 1 saturated carbocycles. The second kappa shape index (κ2) is 20.7. The zero-order chi connectivity index (χ0) is 49.3. The normalized spacial score (nSPS) is 21.1. The third kappa shape index (κ3) is 10.1. The number of pyridine rings is 1. The number of rotatable bonds is 15. The molecule has 1 aliphatic carbocycles. The lowest BCUT2D eigenvalue weighted by Gasteiger charge is -2.34. The fourth-order valence-corrected chi connectivity index (χ4v) is 12.1. The van der Waals surface area contributed by atoms with E-state index >= 15 is 0 Å². The van der Waals surface area contributed by atoms with E-state index in [1.165, 1.54) is 17.8 Å². The number of aromatic carboxylic acids is 1. The number of nitrogens with zero attached hydrogens (tertiary/aromatic N) is 6. The maximum Gasteiger partial charge on any atom is 0.355 e. The Labute approximate surface area is 422 Å². The van der Waals surface area contributed by atoms with Gasteiger partial charge in [-0.25, -0.2) is 14.8 Å². The SMILES string of the molecule is Cc1cc(OC2CCC(CCCN3CCN(c4nc5ccc(C6CC(C=O)CNC6=O)cc5o4)CC3)CC2)ccc1-c1ccc(N2CCc3cccc(C(O)Nc4nc5ccccc5s4)c3C2)nc1C(=O)O. The van der Waals surface area contributed by atoms with Gasteiger partial charge < -0.3 is 44.6 Å². The van der Waals surface area contributed by atoms with Crippen LogP contribution in [0.25, 0.3) is 32.4 Å². The number of benzene rings is 4. The highest BCUT2D eigenvalue weighted by molar-refractivity contribution is 7.22. The Hall–Kier alpha value is -6.88. The molecule has 3 atom stereocenters. The van der Waals surface area contributed by atoms with E-state index in [0.717, 1.165) is 132 Å². The molecule has 4 aliphatic rings. The Bertz CT molecular complexity index is 3090. The van der Waals surface area contributed by atoms with E-state index in [0.29, 0.717) is 60.1 Å². The number of aryl methyl sites for hydroxylation is 1. The first-order valence-corrected chi connectivity index (χ1v) is 26.2. The van der Waals surface area contributed by atoms with Gasteiger partial charge in [-0.1, -0.05) is 53.8 Å². The molecule has 1 amide bonds. The van der Waals surface area contributed by atoms with Crippen LogP contribution < -0.4 is 25.2 Å². The summed E-state index contributed by atoms with van der Waals surface area (Å²) in [6, 6.07) is 29.9. The number of piperazine rings is 1. The van der Waals surface area contributed by atoms with Crippen molar-refractivity contribution in [3.63, 3.8) is 0 Å². The van der Waals surface area contributed by atoms with Crippen LogP contribution in [0.3, 0.4) is 0 Å². The van der Waals surface area contributed by atoms with Gasteiger partial charge in [0.15, 0.2) is 22.6 Å². The van der Waals surface area contributed by atoms with E-state index in [2.05, 4.69) is 36.4 Å². The number of anilines is 3. The number of piperidine rings is 1. The molecule has 372 valence electrons. The molecule has 4 aromatic carbocycles. The smallest absolute Gasteiger partial charge is 0.355 e. The van der Waals surface area contributed by atoms with Crippen molar-refractivity contribution in [1.82, 2.24) is 25.2 Å². The number of amides is 1. The molecular formula is C56H60N8O7S. The molecule has 0 spiro atoms. The summed E-state index contributed by atoms with van der Waals surface area (Å²) in [6.45, 7) is 8.19. The number of para-hydroxylation sites is 1. The number of nitrogens with one attached hydrogen (secondary N) is 2. The minimum absolute atomic E-state index is 0.00103. The van der Waals surface area contributed by atoms with Crippen molar-refractivity contribution in [3.8, 4) is 16.9 Å². The maximum atomic E-state index is 12.8. The van der Waals surface area contributed by atoms with Crippen molar-refractivity contribution < 1.29 is 33.8 Å². The molecule has 6 heterocycles. The number of hydrogen-bond acceptors (Lipinski definition) is 14. The van der Waals surface area contributed by atoms with Gasteiger partial charge >= 0.3 is 5.97 Å². The van der Waals surface area contributed by atoms with Crippen LogP contribution >= 0.6 is 11.3 Å². The van der Waals surface area contributed by atoms with Crippen molar-refractivity contribution in [2.24, 2.45) is 11.8 Å². The van der Waals surface area contributed by atoms with E-state index in [1.54, 1.807) is 0 Å².